The van der Waals surface area contributed by atoms with Gasteiger partial charge in [0.05, 0.1) is 19.0 Å². The molecule has 34 heavy (non-hydrogen) atoms. The quantitative estimate of drug-likeness (QED) is 0.281. The standard InChI is InChI=1S/C26H34N5O3/c1-7-22(16-28-29(3)4)31-13-11-26(32)25(30(31)5)18-34-23-8-9-24-21(15-23)14-19(2)20(17-33-6)10-12-27-24/h1,8-13,15-16,19-20,22,27H,14,17-18H2,2-6H3/q+1. The molecule has 0 aliphatic carbocycles. The van der Waals surface area contributed by atoms with Crippen molar-refractivity contribution < 1.29 is 14.2 Å². The van der Waals surface area contributed by atoms with E-state index < -0.39 is 6.04 Å². The van der Waals surface area contributed by atoms with E-state index in [0.29, 0.717) is 29.9 Å². The summed E-state index contributed by atoms with van der Waals surface area (Å²) in [4.78, 5) is 12.6. The molecule has 3 unspecified atom stereocenters. The second-order valence-electron chi connectivity index (χ2n) is 8.67. The van der Waals surface area contributed by atoms with E-state index >= 15 is 0 Å². The van der Waals surface area contributed by atoms with Crippen LogP contribution < -0.4 is 20.2 Å². The first-order valence-electron chi connectivity index (χ1n) is 11.3. The molecule has 3 rings (SSSR count). The maximum absolute atomic E-state index is 12.6. The summed E-state index contributed by atoms with van der Waals surface area (Å²) in [5.41, 5.74) is 2.59. The largest absolute Gasteiger partial charge is 0.482 e. The first-order chi connectivity index (χ1) is 16.3. The van der Waals surface area contributed by atoms with Crippen LogP contribution in [0.15, 0.2) is 52.6 Å². The van der Waals surface area contributed by atoms with E-state index in [4.69, 9.17) is 15.9 Å². The van der Waals surface area contributed by atoms with Crippen LogP contribution in [0.3, 0.4) is 0 Å². The summed E-state index contributed by atoms with van der Waals surface area (Å²) in [6.45, 7) is 3.02. The van der Waals surface area contributed by atoms with Crippen LogP contribution in [0.2, 0.25) is 0 Å². The molecule has 0 saturated heterocycles. The van der Waals surface area contributed by atoms with Crippen LogP contribution in [0.5, 0.6) is 5.75 Å². The van der Waals surface area contributed by atoms with Crippen LogP contribution >= 0.6 is 0 Å². The van der Waals surface area contributed by atoms with E-state index in [0.717, 1.165) is 17.7 Å². The van der Waals surface area contributed by atoms with Crippen molar-refractivity contribution in [2.24, 2.45) is 24.0 Å². The fraction of sp³-hybridized carbons (Fsp3) is 0.423. The van der Waals surface area contributed by atoms with Gasteiger partial charge >= 0.3 is 0 Å². The first kappa shape index (κ1) is 25.1. The van der Waals surface area contributed by atoms with E-state index in [1.807, 2.05) is 38.5 Å². The van der Waals surface area contributed by atoms with Crippen LogP contribution in [-0.2, 0) is 24.8 Å². The molecule has 0 spiro atoms. The van der Waals surface area contributed by atoms with Crippen molar-refractivity contribution >= 4 is 11.9 Å². The molecule has 1 aromatic heterocycles. The molecule has 0 amide bonds. The van der Waals surface area contributed by atoms with Crippen molar-refractivity contribution in [2.75, 3.05) is 33.1 Å². The molecule has 1 aliphatic heterocycles. The van der Waals surface area contributed by atoms with E-state index in [1.54, 1.807) is 40.9 Å². The monoisotopic (exact) mass is 464 g/mol. The lowest BCUT2D eigenvalue weighted by atomic mass is 9.87. The Bertz CT molecular complexity index is 1150. The number of hydrazone groups is 1. The lowest BCUT2D eigenvalue weighted by Gasteiger charge is -2.24. The Kier molecular flexibility index (Phi) is 8.50. The van der Waals surface area contributed by atoms with Gasteiger partial charge in [-0.05, 0) is 42.3 Å². The first-order valence-corrected chi connectivity index (χ1v) is 11.3. The van der Waals surface area contributed by atoms with Crippen molar-refractivity contribution in [1.82, 2.24) is 9.69 Å². The predicted molar refractivity (Wildman–Crippen MR) is 134 cm³/mol. The number of benzene rings is 1. The fourth-order valence-electron chi connectivity index (χ4n) is 3.95. The van der Waals surface area contributed by atoms with Crippen LogP contribution in [0.4, 0.5) is 5.69 Å². The van der Waals surface area contributed by atoms with Gasteiger partial charge in [-0.25, -0.2) is 0 Å². The zero-order valence-corrected chi connectivity index (χ0v) is 20.6. The number of hydrogen-bond donors (Lipinski definition) is 1. The van der Waals surface area contributed by atoms with E-state index in [-0.39, 0.29) is 12.0 Å². The maximum Gasteiger partial charge on any atom is 0.290 e. The van der Waals surface area contributed by atoms with Crippen LogP contribution in [-0.4, -0.2) is 43.7 Å². The second-order valence-corrected chi connectivity index (χ2v) is 8.67. The molecular formula is C26H34N5O3+. The molecule has 8 nitrogen and oxygen atoms in total. The minimum Gasteiger partial charge on any atom is -0.482 e. The number of aromatic nitrogens is 2. The highest BCUT2D eigenvalue weighted by Crippen LogP contribution is 2.29. The molecule has 1 aliphatic rings. The van der Waals surface area contributed by atoms with Crippen molar-refractivity contribution in [3.63, 3.8) is 0 Å². The summed E-state index contributed by atoms with van der Waals surface area (Å²) in [6.07, 6.45) is 14.1. The summed E-state index contributed by atoms with van der Waals surface area (Å²) in [5, 5.41) is 9.26. The SMILES string of the molecule is C#CC(C=NN(C)C)n1ccc(=O)c(COc2ccc3c(c2)CC(C)C(COC)C=CN3)[n+]1C. The zero-order valence-electron chi connectivity index (χ0n) is 20.6. The number of hydrogen-bond acceptors (Lipinski definition) is 6. The maximum atomic E-state index is 12.6. The number of anilines is 1. The molecule has 3 atom stereocenters. The fourth-order valence-corrected chi connectivity index (χ4v) is 3.95. The minimum absolute atomic E-state index is 0.117. The van der Waals surface area contributed by atoms with Gasteiger partial charge in [0, 0.05) is 38.9 Å². The number of terminal acetylenes is 1. The van der Waals surface area contributed by atoms with Gasteiger partial charge in [0.1, 0.15) is 5.75 Å². The third-order valence-electron chi connectivity index (χ3n) is 5.96. The molecule has 180 valence electrons. The molecule has 0 bridgehead atoms. The highest BCUT2D eigenvalue weighted by Gasteiger charge is 2.22. The molecular weight excluding hydrogens is 430 g/mol. The Morgan fingerprint density at radius 2 is 2.21 bits per heavy atom. The lowest BCUT2D eigenvalue weighted by Crippen LogP contribution is -2.51. The van der Waals surface area contributed by atoms with Gasteiger partial charge in [0.15, 0.2) is 19.7 Å². The Morgan fingerprint density at radius 3 is 2.91 bits per heavy atom. The lowest BCUT2D eigenvalue weighted by molar-refractivity contribution is -0.766. The summed E-state index contributed by atoms with van der Waals surface area (Å²) in [5.74, 6) is 4.15. The van der Waals surface area contributed by atoms with E-state index in [2.05, 4.69) is 29.3 Å². The molecule has 2 aromatic rings. The summed E-state index contributed by atoms with van der Waals surface area (Å²) < 4.78 is 14.9. The topological polar surface area (TPSA) is 72.0 Å². The van der Waals surface area contributed by atoms with Gasteiger partial charge in [-0.15, -0.1) is 15.8 Å². The van der Waals surface area contributed by atoms with Gasteiger partial charge in [0.2, 0.25) is 0 Å². The second kappa shape index (κ2) is 11.5. The Hall–Kier alpha value is -3.57. The van der Waals surface area contributed by atoms with Crippen molar-refractivity contribution in [2.45, 2.75) is 26.0 Å². The molecule has 0 fully saturated rings. The van der Waals surface area contributed by atoms with Crippen molar-refractivity contribution in [3.05, 3.63) is 64.2 Å². The number of nitrogens with one attached hydrogen (secondary N) is 1. The van der Waals surface area contributed by atoms with Gasteiger partial charge in [-0.2, -0.15) is 5.10 Å². The summed E-state index contributed by atoms with van der Waals surface area (Å²) >= 11 is 0. The van der Waals surface area contributed by atoms with Gasteiger partial charge < -0.3 is 19.8 Å². The van der Waals surface area contributed by atoms with E-state index in [1.165, 1.54) is 6.07 Å². The van der Waals surface area contributed by atoms with E-state index in [9.17, 15) is 4.79 Å². The van der Waals surface area contributed by atoms with Crippen molar-refractivity contribution in [1.29, 1.82) is 0 Å². The average molecular weight is 465 g/mol. The normalized spacial score (nSPS) is 18.4. The predicted octanol–water partition coefficient (Wildman–Crippen LogP) is 2.35. The van der Waals surface area contributed by atoms with Gasteiger partial charge in [0.25, 0.3) is 11.1 Å². The molecule has 0 saturated carbocycles. The van der Waals surface area contributed by atoms with Gasteiger partial charge in [-0.3, -0.25) is 4.79 Å². The Morgan fingerprint density at radius 1 is 1.41 bits per heavy atom. The summed E-state index contributed by atoms with van der Waals surface area (Å²) in [7, 11) is 7.16. The molecule has 8 heteroatoms. The Labute approximate surface area is 201 Å². The van der Waals surface area contributed by atoms with Crippen LogP contribution in [0.1, 0.15) is 24.2 Å². The highest BCUT2D eigenvalue weighted by atomic mass is 16.5. The third kappa shape index (κ3) is 6.06. The number of fused-ring (bicyclic) bond motifs is 1. The number of nitrogens with zero attached hydrogens (tertiary/aromatic N) is 4. The van der Waals surface area contributed by atoms with Crippen LogP contribution in [0, 0.1) is 24.2 Å². The highest BCUT2D eigenvalue weighted by molar-refractivity contribution is 5.66. The Balaban J connectivity index is 1.81. The van der Waals surface area contributed by atoms with Gasteiger partial charge in [-0.1, -0.05) is 18.9 Å². The molecule has 0 radical (unpaired) electrons. The zero-order chi connectivity index (χ0) is 24.7. The minimum atomic E-state index is -0.441. The summed E-state index contributed by atoms with van der Waals surface area (Å²) in [6, 6.07) is 7.02. The smallest absolute Gasteiger partial charge is 0.290 e. The average Bonchev–Trinajstić information content (AvgIpc) is 2.79. The molecule has 2 heterocycles. The number of ether oxygens (including phenoxy) is 2. The molecule has 1 aromatic carbocycles. The third-order valence-corrected chi connectivity index (χ3v) is 5.96. The van der Waals surface area contributed by atoms with Crippen molar-refractivity contribution in [3.8, 4) is 18.1 Å². The van der Waals surface area contributed by atoms with Crippen LogP contribution in [0.25, 0.3) is 0 Å². The molecule has 1 N–H and O–H groups in total. The number of rotatable bonds is 8. The number of methoxy groups -OCH3 is 1.